The predicted molar refractivity (Wildman–Crippen MR) is 92.3 cm³/mol. The SMILES string of the molecule is C#CCCNC(=O)[C@@H]1C[C@H](C=O)CN(C(=O)OCc2ccccc2)C1. The molecule has 0 radical (unpaired) electrons. The highest BCUT2D eigenvalue weighted by molar-refractivity contribution is 5.80. The molecule has 1 saturated heterocycles. The van der Waals surface area contributed by atoms with Crippen LogP contribution >= 0.6 is 0 Å². The van der Waals surface area contributed by atoms with E-state index in [1.807, 2.05) is 30.3 Å². The van der Waals surface area contributed by atoms with Gasteiger partial charge in [0.15, 0.2) is 0 Å². The van der Waals surface area contributed by atoms with Crippen molar-refractivity contribution in [2.45, 2.75) is 19.4 Å². The fourth-order valence-electron chi connectivity index (χ4n) is 2.79. The fourth-order valence-corrected chi connectivity index (χ4v) is 2.79. The number of ether oxygens (including phenoxy) is 1. The standard InChI is InChI=1S/C19H22N2O4/c1-2-3-9-20-18(23)17-10-16(13-22)11-21(12-17)19(24)25-14-15-7-5-4-6-8-15/h1,4-8,13,16-17H,3,9-12,14H2,(H,20,23)/t16-,17+/m0/s1. The summed E-state index contributed by atoms with van der Waals surface area (Å²) in [6.45, 7) is 1.04. The minimum Gasteiger partial charge on any atom is -0.445 e. The quantitative estimate of drug-likeness (QED) is 0.484. The van der Waals surface area contributed by atoms with Gasteiger partial charge in [-0.15, -0.1) is 12.3 Å². The lowest BCUT2D eigenvalue weighted by Gasteiger charge is -2.34. The molecule has 1 N–H and O–H groups in total. The van der Waals surface area contributed by atoms with Gasteiger partial charge in [-0.2, -0.15) is 0 Å². The number of amides is 2. The van der Waals surface area contributed by atoms with Gasteiger partial charge in [-0.1, -0.05) is 30.3 Å². The van der Waals surface area contributed by atoms with Crippen molar-refractivity contribution >= 4 is 18.3 Å². The first-order valence-corrected chi connectivity index (χ1v) is 8.26. The van der Waals surface area contributed by atoms with Crippen LogP contribution in [0.2, 0.25) is 0 Å². The van der Waals surface area contributed by atoms with Crippen LogP contribution in [0.25, 0.3) is 0 Å². The Labute approximate surface area is 147 Å². The number of carbonyl (C=O) groups is 3. The van der Waals surface area contributed by atoms with E-state index in [1.165, 1.54) is 4.90 Å². The van der Waals surface area contributed by atoms with E-state index < -0.39 is 12.0 Å². The molecule has 1 fully saturated rings. The van der Waals surface area contributed by atoms with E-state index in [-0.39, 0.29) is 31.5 Å². The molecule has 0 bridgehead atoms. The molecule has 1 aliphatic heterocycles. The average Bonchev–Trinajstić information content (AvgIpc) is 2.66. The topological polar surface area (TPSA) is 75.7 Å². The average molecular weight is 342 g/mol. The van der Waals surface area contributed by atoms with Crippen LogP contribution in [0.1, 0.15) is 18.4 Å². The van der Waals surface area contributed by atoms with E-state index in [2.05, 4.69) is 11.2 Å². The largest absolute Gasteiger partial charge is 0.445 e. The van der Waals surface area contributed by atoms with Crippen molar-refractivity contribution in [1.82, 2.24) is 10.2 Å². The molecule has 132 valence electrons. The van der Waals surface area contributed by atoms with Crippen LogP contribution in [-0.2, 0) is 20.9 Å². The molecule has 2 atom stereocenters. The number of nitrogens with zero attached hydrogens (tertiary/aromatic N) is 1. The third-order valence-corrected chi connectivity index (χ3v) is 4.08. The molecule has 6 nitrogen and oxygen atoms in total. The first-order chi connectivity index (χ1) is 12.1. The summed E-state index contributed by atoms with van der Waals surface area (Å²) in [7, 11) is 0. The molecular weight excluding hydrogens is 320 g/mol. The van der Waals surface area contributed by atoms with Gasteiger partial charge in [0, 0.05) is 32.0 Å². The van der Waals surface area contributed by atoms with Gasteiger partial charge in [-0.25, -0.2) is 4.79 Å². The molecule has 25 heavy (non-hydrogen) atoms. The zero-order chi connectivity index (χ0) is 18.1. The normalized spacial score (nSPS) is 19.6. The fraction of sp³-hybridized carbons (Fsp3) is 0.421. The number of piperidine rings is 1. The van der Waals surface area contributed by atoms with Crippen LogP contribution in [-0.4, -0.2) is 42.8 Å². The number of benzene rings is 1. The number of hydrogen-bond acceptors (Lipinski definition) is 4. The van der Waals surface area contributed by atoms with Gasteiger partial charge < -0.3 is 19.7 Å². The summed E-state index contributed by atoms with van der Waals surface area (Å²) >= 11 is 0. The van der Waals surface area contributed by atoms with Crippen molar-refractivity contribution in [2.75, 3.05) is 19.6 Å². The number of rotatable bonds is 6. The van der Waals surface area contributed by atoms with E-state index in [9.17, 15) is 14.4 Å². The number of likely N-dealkylation sites (tertiary alicyclic amines) is 1. The molecule has 1 heterocycles. The lowest BCUT2D eigenvalue weighted by atomic mass is 9.89. The molecule has 1 aromatic rings. The minimum atomic E-state index is -0.517. The summed E-state index contributed by atoms with van der Waals surface area (Å²) in [6, 6.07) is 9.33. The van der Waals surface area contributed by atoms with Crippen molar-refractivity contribution in [2.24, 2.45) is 11.8 Å². The second kappa shape index (κ2) is 9.48. The van der Waals surface area contributed by atoms with Crippen LogP contribution in [0.15, 0.2) is 30.3 Å². The van der Waals surface area contributed by atoms with Crippen molar-refractivity contribution in [3.63, 3.8) is 0 Å². The summed E-state index contributed by atoms with van der Waals surface area (Å²) in [5.41, 5.74) is 0.878. The predicted octanol–water partition coefficient (Wildman–Crippen LogP) is 1.60. The van der Waals surface area contributed by atoms with E-state index in [0.717, 1.165) is 11.8 Å². The Morgan fingerprint density at radius 2 is 2.08 bits per heavy atom. The molecule has 6 heteroatoms. The van der Waals surface area contributed by atoms with Gasteiger partial charge in [0.1, 0.15) is 12.9 Å². The third-order valence-electron chi connectivity index (χ3n) is 4.08. The Balaban J connectivity index is 1.92. The maximum atomic E-state index is 12.3. The molecule has 2 amide bonds. The third kappa shape index (κ3) is 5.64. The maximum absolute atomic E-state index is 12.3. The van der Waals surface area contributed by atoms with Crippen LogP contribution < -0.4 is 5.32 Å². The highest BCUT2D eigenvalue weighted by atomic mass is 16.6. The summed E-state index contributed by atoms with van der Waals surface area (Å²) in [6.07, 6.45) is 6.30. The molecular formula is C19H22N2O4. The van der Waals surface area contributed by atoms with E-state index in [1.54, 1.807) is 0 Å². The summed E-state index contributed by atoms with van der Waals surface area (Å²) in [5, 5.41) is 2.74. The number of aldehydes is 1. The molecule has 2 rings (SSSR count). The van der Waals surface area contributed by atoms with Gasteiger partial charge in [0.2, 0.25) is 5.91 Å². The van der Waals surface area contributed by atoms with Gasteiger partial charge in [0.25, 0.3) is 0 Å². The highest BCUT2D eigenvalue weighted by Gasteiger charge is 2.34. The zero-order valence-electron chi connectivity index (χ0n) is 14.0. The maximum Gasteiger partial charge on any atom is 0.410 e. The van der Waals surface area contributed by atoms with Crippen LogP contribution in [0.5, 0.6) is 0 Å². The molecule has 0 saturated carbocycles. The molecule has 0 aromatic heterocycles. The second-order valence-electron chi connectivity index (χ2n) is 6.02. The highest BCUT2D eigenvalue weighted by Crippen LogP contribution is 2.22. The van der Waals surface area contributed by atoms with E-state index >= 15 is 0 Å². The number of nitrogens with one attached hydrogen (secondary N) is 1. The van der Waals surface area contributed by atoms with Crippen LogP contribution in [0.4, 0.5) is 4.79 Å². The monoisotopic (exact) mass is 342 g/mol. The molecule has 0 aliphatic carbocycles. The minimum absolute atomic E-state index is 0.154. The summed E-state index contributed by atoms with van der Waals surface area (Å²) < 4.78 is 5.30. The number of hydrogen-bond donors (Lipinski definition) is 1. The van der Waals surface area contributed by atoms with E-state index in [4.69, 9.17) is 11.2 Å². The Bertz CT molecular complexity index is 639. The second-order valence-corrected chi connectivity index (χ2v) is 6.02. The van der Waals surface area contributed by atoms with Gasteiger partial charge in [0.05, 0.1) is 5.92 Å². The lowest BCUT2D eigenvalue weighted by Crippen LogP contribution is -2.49. The number of terminal acetylenes is 1. The van der Waals surface area contributed by atoms with Gasteiger partial charge in [-0.3, -0.25) is 4.79 Å². The first kappa shape index (κ1) is 18.5. The van der Waals surface area contributed by atoms with Crippen LogP contribution in [0, 0.1) is 24.2 Å². The summed E-state index contributed by atoms with van der Waals surface area (Å²) in [4.78, 5) is 37.1. The molecule has 1 aliphatic rings. The van der Waals surface area contributed by atoms with Crippen molar-refractivity contribution in [1.29, 1.82) is 0 Å². The Morgan fingerprint density at radius 3 is 2.76 bits per heavy atom. The Kier molecular flexibility index (Phi) is 7.02. The summed E-state index contributed by atoms with van der Waals surface area (Å²) in [5.74, 6) is 1.45. The van der Waals surface area contributed by atoms with Crippen LogP contribution in [0.3, 0.4) is 0 Å². The van der Waals surface area contributed by atoms with Crippen molar-refractivity contribution in [3.8, 4) is 12.3 Å². The molecule has 0 unspecified atom stereocenters. The van der Waals surface area contributed by atoms with Crippen molar-refractivity contribution < 1.29 is 19.1 Å². The van der Waals surface area contributed by atoms with E-state index in [0.29, 0.717) is 19.4 Å². The Morgan fingerprint density at radius 1 is 1.32 bits per heavy atom. The Hall–Kier alpha value is -2.81. The van der Waals surface area contributed by atoms with Gasteiger partial charge >= 0.3 is 6.09 Å². The molecule has 0 spiro atoms. The molecule has 1 aromatic carbocycles. The first-order valence-electron chi connectivity index (χ1n) is 8.26. The zero-order valence-corrected chi connectivity index (χ0v) is 14.0. The van der Waals surface area contributed by atoms with Gasteiger partial charge in [-0.05, 0) is 12.0 Å². The van der Waals surface area contributed by atoms with Crippen molar-refractivity contribution in [3.05, 3.63) is 35.9 Å². The number of carbonyl (C=O) groups excluding carboxylic acids is 3. The lowest BCUT2D eigenvalue weighted by molar-refractivity contribution is -0.127. The smallest absolute Gasteiger partial charge is 0.410 e.